The van der Waals surface area contributed by atoms with E-state index in [4.69, 9.17) is 4.74 Å². The van der Waals surface area contributed by atoms with E-state index in [2.05, 4.69) is 38.8 Å². The fourth-order valence-corrected chi connectivity index (χ4v) is 2.05. The highest BCUT2D eigenvalue weighted by molar-refractivity contribution is 9.11. The molecule has 0 heterocycles. The van der Waals surface area contributed by atoms with Crippen molar-refractivity contribution in [2.24, 2.45) is 0 Å². The predicted octanol–water partition coefficient (Wildman–Crippen LogP) is 4.00. The Kier molecular flexibility index (Phi) is 4.09. The van der Waals surface area contributed by atoms with Crippen LogP contribution in [0.3, 0.4) is 0 Å². The average molecular weight is 294 g/mol. The van der Waals surface area contributed by atoms with Crippen LogP contribution >= 0.6 is 31.9 Å². The van der Waals surface area contributed by atoms with Gasteiger partial charge in [0.15, 0.2) is 0 Å². The quantitative estimate of drug-likeness (QED) is 0.818. The number of ether oxygens (including phenoxy) is 1. The summed E-state index contributed by atoms with van der Waals surface area (Å²) >= 11 is 6.84. The third-order valence-electron chi connectivity index (χ3n) is 1.37. The van der Waals surface area contributed by atoms with E-state index < -0.39 is 0 Å². The van der Waals surface area contributed by atoms with Crippen molar-refractivity contribution in [3.05, 3.63) is 27.1 Å². The van der Waals surface area contributed by atoms with Crippen molar-refractivity contribution in [3.8, 4) is 5.75 Å². The number of hydrogen-bond donors (Lipinski definition) is 0. The van der Waals surface area contributed by atoms with Gasteiger partial charge in [-0.3, -0.25) is 0 Å². The molecule has 0 aromatic heterocycles. The van der Waals surface area contributed by atoms with Crippen molar-refractivity contribution in [1.82, 2.24) is 0 Å². The first-order valence-corrected chi connectivity index (χ1v) is 5.41. The summed E-state index contributed by atoms with van der Waals surface area (Å²) in [5, 5.41) is 0. The van der Waals surface area contributed by atoms with Crippen LogP contribution in [0.15, 0.2) is 27.1 Å². The molecule has 0 aliphatic rings. The maximum Gasteiger partial charge on any atom is 0.147 e. The molecule has 0 radical (unpaired) electrons. The van der Waals surface area contributed by atoms with Gasteiger partial charge in [0, 0.05) is 0 Å². The molecule has 12 heavy (non-hydrogen) atoms. The Morgan fingerprint density at radius 2 is 1.83 bits per heavy atom. The second-order valence-electron chi connectivity index (χ2n) is 2.40. The van der Waals surface area contributed by atoms with Gasteiger partial charge in [-0.25, -0.2) is 0 Å². The molecule has 0 saturated heterocycles. The first-order valence-electron chi connectivity index (χ1n) is 3.82. The van der Waals surface area contributed by atoms with Gasteiger partial charge < -0.3 is 4.74 Å². The lowest BCUT2D eigenvalue weighted by Gasteiger charge is -2.08. The van der Waals surface area contributed by atoms with Gasteiger partial charge in [0.1, 0.15) is 5.75 Å². The second-order valence-corrected chi connectivity index (χ2v) is 4.11. The molecule has 1 aromatic carbocycles. The Morgan fingerprint density at radius 1 is 1.25 bits per heavy atom. The van der Waals surface area contributed by atoms with Gasteiger partial charge >= 0.3 is 0 Å². The SMILES string of the molecule is CCCOc1c(Br)cccc1Br. The van der Waals surface area contributed by atoms with Crippen molar-refractivity contribution in [2.45, 2.75) is 13.3 Å². The maximum atomic E-state index is 5.52. The van der Waals surface area contributed by atoms with E-state index >= 15 is 0 Å². The molecule has 0 spiro atoms. The Morgan fingerprint density at radius 3 is 2.33 bits per heavy atom. The third kappa shape index (κ3) is 2.49. The van der Waals surface area contributed by atoms with Gasteiger partial charge in [0.25, 0.3) is 0 Å². The van der Waals surface area contributed by atoms with Crippen LogP contribution < -0.4 is 4.74 Å². The lowest BCUT2D eigenvalue weighted by Crippen LogP contribution is -1.96. The normalized spacial score (nSPS) is 9.92. The van der Waals surface area contributed by atoms with E-state index in [1.807, 2.05) is 18.2 Å². The highest BCUT2D eigenvalue weighted by Gasteiger charge is 2.03. The van der Waals surface area contributed by atoms with Crippen LogP contribution in [0.5, 0.6) is 5.75 Å². The van der Waals surface area contributed by atoms with Crippen LogP contribution in [0.1, 0.15) is 13.3 Å². The summed E-state index contributed by atoms with van der Waals surface area (Å²) < 4.78 is 7.51. The van der Waals surface area contributed by atoms with E-state index in [0.29, 0.717) is 0 Å². The van der Waals surface area contributed by atoms with Gasteiger partial charge in [-0.05, 0) is 50.4 Å². The summed E-state index contributed by atoms with van der Waals surface area (Å²) in [7, 11) is 0. The zero-order chi connectivity index (χ0) is 8.97. The Hall–Kier alpha value is -0.0200. The molecular weight excluding hydrogens is 284 g/mol. The monoisotopic (exact) mass is 292 g/mol. The Balaban J connectivity index is 2.81. The number of halogens is 2. The van der Waals surface area contributed by atoms with Crippen molar-refractivity contribution >= 4 is 31.9 Å². The molecule has 0 unspecified atom stereocenters. The maximum absolute atomic E-state index is 5.52. The molecular formula is C9H10Br2O. The lowest BCUT2D eigenvalue weighted by molar-refractivity contribution is 0.313. The predicted molar refractivity (Wildman–Crippen MR) is 57.6 cm³/mol. The summed E-state index contributed by atoms with van der Waals surface area (Å²) in [6.45, 7) is 2.84. The van der Waals surface area contributed by atoms with Crippen LogP contribution in [-0.4, -0.2) is 6.61 Å². The smallest absolute Gasteiger partial charge is 0.147 e. The first kappa shape index (κ1) is 10.1. The van der Waals surface area contributed by atoms with Gasteiger partial charge in [-0.15, -0.1) is 0 Å². The minimum Gasteiger partial charge on any atom is -0.491 e. The standard InChI is InChI=1S/C9H10Br2O/c1-2-6-12-9-7(10)4-3-5-8(9)11/h3-5H,2,6H2,1H3. The van der Waals surface area contributed by atoms with Gasteiger partial charge in [-0.2, -0.15) is 0 Å². The molecule has 0 fully saturated rings. The molecule has 1 nitrogen and oxygen atoms in total. The summed E-state index contributed by atoms with van der Waals surface area (Å²) in [6.07, 6.45) is 1.02. The summed E-state index contributed by atoms with van der Waals surface area (Å²) in [4.78, 5) is 0. The first-order chi connectivity index (χ1) is 5.75. The fraction of sp³-hybridized carbons (Fsp3) is 0.333. The van der Waals surface area contributed by atoms with E-state index in [-0.39, 0.29) is 0 Å². The highest BCUT2D eigenvalue weighted by atomic mass is 79.9. The minimum absolute atomic E-state index is 0.751. The van der Waals surface area contributed by atoms with Crippen LogP contribution in [0, 0.1) is 0 Å². The van der Waals surface area contributed by atoms with Crippen molar-refractivity contribution < 1.29 is 4.74 Å². The minimum atomic E-state index is 0.751. The molecule has 66 valence electrons. The molecule has 0 bridgehead atoms. The molecule has 0 aliphatic heterocycles. The molecule has 0 amide bonds. The number of rotatable bonds is 3. The van der Waals surface area contributed by atoms with Crippen LogP contribution in [-0.2, 0) is 0 Å². The van der Waals surface area contributed by atoms with Crippen molar-refractivity contribution in [1.29, 1.82) is 0 Å². The van der Waals surface area contributed by atoms with E-state index in [9.17, 15) is 0 Å². The number of hydrogen-bond acceptors (Lipinski definition) is 1. The zero-order valence-electron chi connectivity index (χ0n) is 6.81. The molecule has 0 atom stereocenters. The molecule has 0 N–H and O–H groups in total. The van der Waals surface area contributed by atoms with Crippen LogP contribution in [0.2, 0.25) is 0 Å². The number of para-hydroxylation sites is 1. The van der Waals surface area contributed by atoms with Gasteiger partial charge in [0.2, 0.25) is 0 Å². The summed E-state index contributed by atoms with van der Waals surface area (Å²) in [6, 6.07) is 5.90. The summed E-state index contributed by atoms with van der Waals surface area (Å²) in [5.74, 6) is 0.888. The van der Waals surface area contributed by atoms with Crippen LogP contribution in [0.4, 0.5) is 0 Å². The van der Waals surface area contributed by atoms with Crippen molar-refractivity contribution in [2.75, 3.05) is 6.61 Å². The average Bonchev–Trinajstić information content (AvgIpc) is 2.04. The Bertz CT molecular complexity index is 240. The largest absolute Gasteiger partial charge is 0.491 e. The topological polar surface area (TPSA) is 9.23 Å². The highest BCUT2D eigenvalue weighted by Crippen LogP contribution is 2.32. The van der Waals surface area contributed by atoms with Crippen LogP contribution in [0.25, 0.3) is 0 Å². The molecule has 1 aromatic rings. The van der Waals surface area contributed by atoms with Crippen molar-refractivity contribution in [3.63, 3.8) is 0 Å². The Labute approximate surface area is 89.4 Å². The molecule has 0 aliphatic carbocycles. The molecule has 0 saturated carbocycles. The van der Waals surface area contributed by atoms with E-state index in [1.165, 1.54) is 0 Å². The molecule has 3 heteroatoms. The number of benzene rings is 1. The van der Waals surface area contributed by atoms with Gasteiger partial charge in [0.05, 0.1) is 15.6 Å². The van der Waals surface area contributed by atoms with E-state index in [0.717, 1.165) is 27.7 Å². The zero-order valence-corrected chi connectivity index (χ0v) is 9.98. The third-order valence-corrected chi connectivity index (χ3v) is 2.62. The second kappa shape index (κ2) is 4.87. The molecule has 1 rings (SSSR count). The summed E-state index contributed by atoms with van der Waals surface area (Å²) in [5.41, 5.74) is 0. The fourth-order valence-electron chi connectivity index (χ4n) is 0.825. The van der Waals surface area contributed by atoms with E-state index in [1.54, 1.807) is 0 Å². The van der Waals surface area contributed by atoms with Gasteiger partial charge in [-0.1, -0.05) is 13.0 Å². The lowest BCUT2D eigenvalue weighted by atomic mass is 10.3.